The molecule has 1 amide bonds. The van der Waals surface area contributed by atoms with Crippen molar-refractivity contribution in [3.63, 3.8) is 0 Å². The highest BCUT2D eigenvalue weighted by molar-refractivity contribution is 7.23. The molecular weight excluding hydrogens is 430 g/mol. The number of aromatic nitrogens is 1. The van der Waals surface area contributed by atoms with E-state index in [1.54, 1.807) is 4.90 Å². The van der Waals surface area contributed by atoms with Gasteiger partial charge in [0, 0.05) is 6.07 Å². The molecule has 0 unspecified atom stereocenters. The molecule has 4 aromatic rings. The third-order valence-electron chi connectivity index (χ3n) is 4.33. The van der Waals surface area contributed by atoms with E-state index < -0.39 is 4.92 Å². The maximum atomic E-state index is 13.3. The molecule has 0 fully saturated rings. The molecule has 29 heavy (non-hydrogen) atoms. The number of amides is 1. The number of nitrogens with zero attached hydrogens (tertiary/aromatic N) is 3. The summed E-state index contributed by atoms with van der Waals surface area (Å²) < 4.78 is 0.810. The van der Waals surface area contributed by atoms with Crippen LogP contribution in [0.15, 0.2) is 54.6 Å². The van der Waals surface area contributed by atoms with Crippen LogP contribution in [0.3, 0.4) is 0 Å². The number of thiophene rings is 1. The Kier molecular flexibility index (Phi) is 5.31. The molecule has 4 rings (SSSR count). The van der Waals surface area contributed by atoms with E-state index in [4.69, 9.17) is 11.6 Å². The van der Waals surface area contributed by atoms with Crippen molar-refractivity contribution >= 4 is 60.5 Å². The second-order valence-corrected chi connectivity index (χ2v) is 8.76. The van der Waals surface area contributed by atoms with E-state index in [1.807, 2.05) is 49.4 Å². The predicted molar refractivity (Wildman–Crippen MR) is 117 cm³/mol. The van der Waals surface area contributed by atoms with Gasteiger partial charge in [-0.3, -0.25) is 19.8 Å². The standard InChI is InChI=1S/C20H14ClN3O3S2/c1-12-7-8-14(21)18-17(12)22-20(29-18)23(11-13-5-3-2-4-6-13)19(25)15-9-10-16(28-15)24(26)27/h2-10H,11H2,1H3. The lowest BCUT2D eigenvalue weighted by Gasteiger charge is -2.19. The molecule has 0 bridgehead atoms. The van der Waals surface area contributed by atoms with Crippen LogP contribution in [0.2, 0.25) is 5.02 Å². The number of thiazole rings is 1. The minimum atomic E-state index is -0.496. The predicted octanol–water partition coefficient (Wildman–Crippen LogP) is 6.07. The molecule has 0 spiro atoms. The van der Waals surface area contributed by atoms with Crippen LogP contribution in [-0.4, -0.2) is 15.8 Å². The molecule has 0 saturated heterocycles. The van der Waals surface area contributed by atoms with Gasteiger partial charge in [-0.25, -0.2) is 4.98 Å². The van der Waals surface area contributed by atoms with Crippen molar-refractivity contribution in [1.29, 1.82) is 0 Å². The average molecular weight is 444 g/mol. The fourth-order valence-corrected chi connectivity index (χ4v) is 4.96. The summed E-state index contributed by atoms with van der Waals surface area (Å²) in [6.07, 6.45) is 0. The van der Waals surface area contributed by atoms with Crippen LogP contribution in [0.25, 0.3) is 10.2 Å². The van der Waals surface area contributed by atoms with Crippen molar-refractivity contribution in [2.24, 2.45) is 0 Å². The summed E-state index contributed by atoms with van der Waals surface area (Å²) >= 11 is 8.53. The average Bonchev–Trinajstić information content (AvgIpc) is 3.37. The van der Waals surface area contributed by atoms with Gasteiger partial charge in [0.25, 0.3) is 5.91 Å². The summed E-state index contributed by atoms with van der Waals surface area (Å²) in [7, 11) is 0. The third-order valence-corrected chi connectivity index (χ3v) is 6.89. The molecule has 2 aromatic carbocycles. The van der Waals surface area contributed by atoms with Crippen molar-refractivity contribution in [3.05, 3.63) is 85.7 Å². The molecule has 9 heteroatoms. The number of nitro groups is 1. The molecule has 0 radical (unpaired) electrons. The summed E-state index contributed by atoms with van der Waals surface area (Å²) in [6, 6.07) is 16.1. The monoisotopic (exact) mass is 443 g/mol. The van der Waals surface area contributed by atoms with Gasteiger partial charge in [0.2, 0.25) is 0 Å². The highest BCUT2D eigenvalue weighted by atomic mass is 35.5. The third kappa shape index (κ3) is 3.87. The van der Waals surface area contributed by atoms with Crippen LogP contribution < -0.4 is 4.90 Å². The van der Waals surface area contributed by atoms with Gasteiger partial charge in [-0.1, -0.05) is 70.7 Å². The molecule has 146 valence electrons. The van der Waals surface area contributed by atoms with Gasteiger partial charge in [-0.05, 0) is 30.2 Å². The minimum absolute atomic E-state index is 0.0730. The first kappa shape index (κ1) is 19.5. The molecular formula is C20H14ClN3O3S2. The molecule has 0 atom stereocenters. The van der Waals surface area contributed by atoms with Crippen LogP contribution in [0.4, 0.5) is 10.1 Å². The first-order valence-electron chi connectivity index (χ1n) is 8.59. The lowest BCUT2D eigenvalue weighted by atomic mass is 10.2. The van der Waals surface area contributed by atoms with Gasteiger partial charge < -0.3 is 0 Å². The quantitative estimate of drug-likeness (QED) is 0.277. The van der Waals surface area contributed by atoms with Crippen LogP contribution >= 0.6 is 34.3 Å². The van der Waals surface area contributed by atoms with E-state index in [0.29, 0.717) is 16.7 Å². The normalized spacial score (nSPS) is 11.0. The maximum absolute atomic E-state index is 13.3. The first-order valence-corrected chi connectivity index (χ1v) is 10.6. The highest BCUT2D eigenvalue weighted by Crippen LogP contribution is 2.37. The van der Waals surface area contributed by atoms with Crippen LogP contribution in [-0.2, 0) is 6.54 Å². The van der Waals surface area contributed by atoms with Gasteiger partial charge >= 0.3 is 5.00 Å². The number of hydrogen-bond donors (Lipinski definition) is 0. The Bertz CT molecular complexity index is 1180. The van der Waals surface area contributed by atoms with E-state index in [0.717, 1.165) is 32.7 Å². The van der Waals surface area contributed by atoms with Crippen LogP contribution in [0.5, 0.6) is 0 Å². The number of fused-ring (bicyclic) bond motifs is 1. The Labute approximate surface area is 179 Å². The fourth-order valence-electron chi connectivity index (χ4n) is 2.87. The highest BCUT2D eigenvalue weighted by Gasteiger charge is 2.25. The zero-order valence-corrected chi connectivity index (χ0v) is 17.6. The summed E-state index contributed by atoms with van der Waals surface area (Å²) in [4.78, 5) is 30.3. The lowest BCUT2D eigenvalue weighted by Crippen LogP contribution is -2.29. The molecule has 0 aliphatic rings. The van der Waals surface area contributed by atoms with Gasteiger partial charge in [-0.2, -0.15) is 0 Å². The van der Waals surface area contributed by atoms with Crippen molar-refractivity contribution in [2.45, 2.75) is 13.5 Å². The zero-order valence-electron chi connectivity index (χ0n) is 15.2. The van der Waals surface area contributed by atoms with Crippen molar-refractivity contribution < 1.29 is 9.72 Å². The Morgan fingerprint density at radius 3 is 2.55 bits per heavy atom. The number of anilines is 1. The number of carbonyl (C=O) groups is 1. The Morgan fingerprint density at radius 2 is 1.90 bits per heavy atom. The van der Waals surface area contributed by atoms with E-state index >= 15 is 0 Å². The summed E-state index contributed by atoms with van der Waals surface area (Å²) in [5.74, 6) is -0.334. The summed E-state index contributed by atoms with van der Waals surface area (Å²) in [6.45, 7) is 2.23. The van der Waals surface area contributed by atoms with E-state index in [1.165, 1.54) is 23.5 Å². The molecule has 0 aliphatic carbocycles. The first-order chi connectivity index (χ1) is 13.9. The van der Waals surface area contributed by atoms with E-state index in [2.05, 4.69) is 4.98 Å². The fraction of sp³-hybridized carbons (Fsp3) is 0.100. The molecule has 2 heterocycles. The van der Waals surface area contributed by atoms with Crippen molar-refractivity contribution in [2.75, 3.05) is 4.90 Å². The van der Waals surface area contributed by atoms with Gasteiger partial charge in [-0.15, -0.1) is 0 Å². The Balaban J connectivity index is 1.79. The second kappa shape index (κ2) is 7.90. The number of hydrogen-bond acceptors (Lipinski definition) is 6. The molecule has 0 N–H and O–H groups in total. The largest absolute Gasteiger partial charge is 0.324 e. The minimum Gasteiger partial charge on any atom is -0.279 e. The summed E-state index contributed by atoms with van der Waals surface area (Å²) in [5.41, 5.74) is 2.64. The zero-order chi connectivity index (χ0) is 20.5. The Hall–Kier alpha value is -2.81. The van der Waals surface area contributed by atoms with Gasteiger partial charge in [0.1, 0.15) is 0 Å². The molecule has 6 nitrogen and oxygen atoms in total. The maximum Gasteiger partial charge on any atom is 0.324 e. The van der Waals surface area contributed by atoms with Gasteiger partial charge in [0.15, 0.2) is 5.13 Å². The second-order valence-electron chi connectivity index (χ2n) is 6.31. The van der Waals surface area contributed by atoms with Crippen molar-refractivity contribution in [1.82, 2.24) is 4.98 Å². The lowest BCUT2D eigenvalue weighted by molar-refractivity contribution is -0.380. The SMILES string of the molecule is Cc1ccc(Cl)c2sc(N(Cc3ccccc3)C(=O)c3ccc([N+](=O)[O-])s3)nc12. The molecule has 0 aliphatic heterocycles. The van der Waals surface area contributed by atoms with Crippen LogP contribution in [0, 0.1) is 17.0 Å². The summed E-state index contributed by atoms with van der Waals surface area (Å²) in [5, 5.41) is 12.0. The number of carbonyl (C=O) groups excluding carboxylic acids is 1. The Morgan fingerprint density at radius 1 is 1.14 bits per heavy atom. The molecule has 0 saturated carbocycles. The smallest absolute Gasteiger partial charge is 0.279 e. The number of benzene rings is 2. The van der Waals surface area contributed by atoms with Gasteiger partial charge in [0.05, 0.1) is 31.6 Å². The number of aryl methyl sites for hydroxylation is 1. The number of rotatable bonds is 5. The van der Waals surface area contributed by atoms with E-state index in [-0.39, 0.29) is 15.8 Å². The van der Waals surface area contributed by atoms with Crippen LogP contribution in [0.1, 0.15) is 20.8 Å². The molecule has 2 aromatic heterocycles. The number of halogens is 1. The van der Waals surface area contributed by atoms with E-state index in [9.17, 15) is 14.9 Å². The topological polar surface area (TPSA) is 76.3 Å². The van der Waals surface area contributed by atoms with Crippen molar-refractivity contribution in [3.8, 4) is 0 Å².